The Kier molecular flexibility index (Phi) is 4.10. The molecule has 0 amide bonds. The Balaban J connectivity index is 2.26. The molecule has 3 nitrogen and oxygen atoms in total. The highest BCUT2D eigenvalue weighted by Crippen LogP contribution is 2.21. The van der Waals surface area contributed by atoms with Crippen LogP contribution in [0.25, 0.3) is 0 Å². The van der Waals surface area contributed by atoms with Gasteiger partial charge in [0.2, 0.25) is 0 Å². The summed E-state index contributed by atoms with van der Waals surface area (Å²) >= 11 is 0. The van der Waals surface area contributed by atoms with Gasteiger partial charge in [0, 0.05) is 6.92 Å². The summed E-state index contributed by atoms with van der Waals surface area (Å²) in [5, 5.41) is 0. The molecule has 0 atom stereocenters. The average Bonchev–Trinajstić information content (AvgIpc) is 2.41. The molecule has 0 fully saturated rings. The number of rotatable bonds is 4. The summed E-state index contributed by atoms with van der Waals surface area (Å²) in [5.74, 6) is -0.355. The van der Waals surface area contributed by atoms with Gasteiger partial charge >= 0.3 is 5.97 Å². The molecule has 0 bridgehead atoms. The van der Waals surface area contributed by atoms with Crippen LogP contribution in [0, 0.1) is 0 Å². The maximum Gasteiger partial charge on any atom is 0.321 e. The van der Waals surface area contributed by atoms with Gasteiger partial charge in [-0.2, -0.15) is 0 Å². The minimum atomic E-state index is -0.355. The molecule has 0 aliphatic heterocycles. The summed E-state index contributed by atoms with van der Waals surface area (Å²) in [6.07, 6.45) is 0. The zero-order chi connectivity index (χ0) is 12.8. The van der Waals surface area contributed by atoms with E-state index in [1.807, 2.05) is 60.7 Å². The van der Waals surface area contributed by atoms with Crippen LogP contribution in [0.3, 0.4) is 0 Å². The van der Waals surface area contributed by atoms with Gasteiger partial charge in [0.25, 0.3) is 0 Å². The second-order valence-corrected chi connectivity index (χ2v) is 3.97. The van der Waals surface area contributed by atoms with Gasteiger partial charge in [-0.25, -0.2) is 0 Å². The van der Waals surface area contributed by atoms with Crippen molar-refractivity contribution in [3.63, 3.8) is 0 Å². The lowest BCUT2D eigenvalue weighted by atomic mass is 10.00. The van der Waals surface area contributed by atoms with Gasteiger partial charge in [-0.1, -0.05) is 60.7 Å². The predicted molar refractivity (Wildman–Crippen MR) is 69.6 cm³/mol. The first-order chi connectivity index (χ1) is 8.77. The zero-order valence-corrected chi connectivity index (χ0v) is 10.2. The van der Waals surface area contributed by atoms with E-state index in [0.717, 1.165) is 11.1 Å². The van der Waals surface area contributed by atoms with Crippen LogP contribution in [0.1, 0.15) is 24.1 Å². The Bertz CT molecular complexity index is 457. The van der Waals surface area contributed by atoms with E-state index < -0.39 is 0 Å². The number of hydrogen-bond acceptors (Lipinski definition) is 3. The second kappa shape index (κ2) is 5.98. The van der Waals surface area contributed by atoms with Crippen LogP contribution in [0.2, 0.25) is 0 Å². The van der Waals surface area contributed by atoms with Crippen LogP contribution in [0.5, 0.6) is 0 Å². The van der Waals surface area contributed by atoms with Crippen LogP contribution in [-0.2, 0) is 9.63 Å². The quantitative estimate of drug-likeness (QED) is 0.836. The molecule has 0 heterocycles. The normalized spacial score (nSPS) is 10.3. The highest BCUT2D eigenvalue weighted by atomic mass is 16.7. The number of hydrogen-bond donors (Lipinski definition) is 1. The van der Waals surface area contributed by atoms with Gasteiger partial charge in [0.15, 0.2) is 0 Å². The Hall–Kier alpha value is -2.13. The minimum absolute atomic E-state index is 0.156. The van der Waals surface area contributed by atoms with E-state index in [2.05, 4.69) is 5.48 Å². The first-order valence-electron chi connectivity index (χ1n) is 5.80. The summed E-state index contributed by atoms with van der Waals surface area (Å²) in [5.41, 5.74) is 4.89. The van der Waals surface area contributed by atoms with Crippen molar-refractivity contribution in [2.24, 2.45) is 0 Å². The lowest BCUT2D eigenvalue weighted by Crippen LogP contribution is -2.24. The lowest BCUT2D eigenvalue weighted by Gasteiger charge is -2.18. The third kappa shape index (κ3) is 3.18. The summed E-state index contributed by atoms with van der Waals surface area (Å²) in [6.45, 7) is 1.38. The molecule has 0 aliphatic carbocycles. The van der Waals surface area contributed by atoms with E-state index in [9.17, 15) is 4.79 Å². The molecule has 0 spiro atoms. The fourth-order valence-corrected chi connectivity index (χ4v) is 1.76. The molecule has 0 aliphatic rings. The van der Waals surface area contributed by atoms with E-state index in [1.165, 1.54) is 6.92 Å². The molecule has 0 aromatic heterocycles. The average molecular weight is 241 g/mol. The molecule has 0 unspecified atom stereocenters. The molecular formula is C15H15NO2. The predicted octanol–water partition coefficient (Wildman–Crippen LogP) is 2.84. The van der Waals surface area contributed by atoms with Gasteiger partial charge in [-0.15, -0.1) is 5.48 Å². The fraction of sp³-hybridized carbons (Fsp3) is 0.133. The van der Waals surface area contributed by atoms with E-state index >= 15 is 0 Å². The number of carbonyl (C=O) groups is 1. The molecule has 2 aromatic rings. The molecule has 1 N–H and O–H groups in total. The topological polar surface area (TPSA) is 38.3 Å². The summed E-state index contributed by atoms with van der Waals surface area (Å²) in [4.78, 5) is 15.9. The van der Waals surface area contributed by atoms with Gasteiger partial charge < -0.3 is 4.84 Å². The van der Waals surface area contributed by atoms with E-state index in [1.54, 1.807) is 0 Å². The van der Waals surface area contributed by atoms with E-state index in [-0.39, 0.29) is 12.0 Å². The largest absolute Gasteiger partial charge is 0.370 e. The van der Waals surface area contributed by atoms with Crippen molar-refractivity contribution in [1.29, 1.82) is 0 Å². The molecular weight excluding hydrogens is 226 g/mol. The van der Waals surface area contributed by atoms with E-state index in [0.29, 0.717) is 0 Å². The van der Waals surface area contributed by atoms with Crippen molar-refractivity contribution < 1.29 is 9.63 Å². The first kappa shape index (κ1) is 12.3. The number of carbonyl (C=O) groups excluding carboxylic acids is 1. The molecule has 0 saturated heterocycles. The van der Waals surface area contributed by atoms with E-state index in [4.69, 9.17) is 4.84 Å². The maximum absolute atomic E-state index is 10.9. The number of hydroxylamine groups is 1. The van der Waals surface area contributed by atoms with Crippen molar-refractivity contribution in [2.75, 3.05) is 0 Å². The van der Waals surface area contributed by atoms with Gasteiger partial charge in [0.1, 0.15) is 0 Å². The third-order valence-electron chi connectivity index (χ3n) is 2.59. The molecule has 2 aromatic carbocycles. The van der Waals surface area contributed by atoms with Crippen LogP contribution >= 0.6 is 0 Å². The standard InChI is InChI=1S/C15H15NO2/c1-12(17)18-16-15(13-8-4-2-5-9-13)14-10-6-3-7-11-14/h2-11,15-16H,1H3. The van der Waals surface area contributed by atoms with Crippen LogP contribution in [0.4, 0.5) is 0 Å². The molecule has 18 heavy (non-hydrogen) atoms. The first-order valence-corrected chi connectivity index (χ1v) is 5.80. The van der Waals surface area contributed by atoms with Crippen molar-refractivity contribution in [2.45, 2.75) is 13.0 Å². The van der Waals surface area contributed by atoms with Gasteiger partial charge in [0.05, 0.1) is 6.04 Å². The van der Waals surface area contributed by atoms with Gasteiger partial charge in [-0.05, 0) is 11.1 Å². The van der Waals surface area contributed by atoms with Crippen LogP contribution in [-0.4, -0.2) is 5.97 Å². The zero-order valence-electron chi connectivity index (χ0n) is 10.2. The Morgan fingerprint density at radius 3 is 1.78 bits per heavy atom. The van der Waals surface area contributed by atoms with Crippen molar-refractivity contribution >= 4 is 5.97 Å². The van der Waals surface area contributed by atoms with Crippen molar-refractivity contribution in [3.8, 4) is 0 Å². The third-order valence-corrected chi connectivity index (χ3v) is 2.59. The second-order valence-electron chi connectivity index (χ2n) is 3.97. The van der Waals surface area contributed by atoms with Crippen molar-refractivity contribution in [3.05, 3.63) is 71.8 Å². The molecule has 92 valence electrons. The van der Waals surface area contributed by atoms with Crippen LogP contribution < -0.4 is 5.48 Å². The number of benzene rings is 2. The molecule has 0 saturated carbocycles. The highest BCUT2D eigenvalue weighted by molar-refractivity contribution is 5.65. The number of nitrogens with one attached hydrogen (secondary N) is 1. The summed E-state index contributed by atoms with van der Waals surface area (Å²) in [7, 11) is 0. The smallest absolute Gasteiger partial charge is 0.321 e. The monoisotopic (exact) mass is 241 g/mol. The fourth-order valence-electron chi connectivity index (χ4n) is 1.76. The molecule has 3 heteroatoms. The Labute approximate surface area is 106 Å². The SMILES string of the molecule is CC(=O)ONC(c1ccccc1)c1ccccc1. The molecule has 2 rings (SSSR count). The summed E-state index contributed by atoms with van der Waals surface area (Å²) in [6, 6.07) is 19.6. The summed E-state index contributed by atoms with van der Waals surface area (Å²) < 4.78 is 0. The Morgan fingerprint density at radius 2 is 1.39 bits per heavy atom. The van der Waals surface area contributed by atoms with Gasteiger partial charge in [-0.3, -0.25) is 4.79 Å². The van der Waals surface area contributed by atoms with Crippen LogP contribution in [0.15, 0.2) is 60.7 Å². The maximum atomic E-state index is 10.9. The highest BCUT2D eigenvalue weighted by Gasteiger charge is 2.14. The Morgan fingerprint density at radius 1 is 0.944 bits per heavy atom. The lowest BCUT2D eigenvalue weighted by molar-refractivity contribution is -0.149. The minimum Gasteiger partial charge on any atom is -0.370 e. The van der Waals surface area contributed by atoms with Crippen molar-refractivity contribution in [1.82, 2.24) is 5.48 Å². The molecule has 0 radical (unpaired) electrons.